The summed E-state index contributed by atoms with van der Waals surface area (Å²) in [5.41, 5.74) is 0.434. The van der Waals surface area contributed by atoms with Crippen molar-refractivity contribution in [2.75, 3.05) is 6.61 Å². The van der Waals surface area contributed by atoms with Crippen LogP contribution in [0, 0.1) is 11.3 Å². The van der Waals surface area contributed by atoms with Crippen molar-refractivity contribution < 1.29 is 19.1 Å². The quantitative estimate of drug-likeness (QED) is 0.848. The lowest BCUT2D eigenvalue weighted by Crippen LogP contribution is -2.34. The number of nitrogens with zero attached hydrogens (tertiary/aromatic N) is 1. The molecule has 1 aromatic carbocycles. The molecule has 6 heteroatoms. The summed E-state index contributed by atoms with van der Waals surface area (Å²) in [5, 5.41) is 20.5. The van der Waals surface area contributed by atoms with E-state index in [1.54, 1.807) is 37.3 Å². The third-order valence-electron chi connectivity index (χ3n) is 2.91. The first-order valence-electron chi connectivity index (χ1n) is 6.76. The average Bonchev–Trinajstić information content (AvgIpc) is 3.02. The van der Waals surface area contributed by atoms with Gasteiger partial charge in [-0.05, 0) is 31.2 Å². The number of hydrogen-bond donors (Lipinski definition) is 2. The second-order valence-electron chi connectivity index (χ2n) is 4.72. The van der Waals surface area contributed by atoms with Crippen LogP contribution >= 0.6 is 0 Å². The summed E-state index contributed by atoms with van der Waals surface area (Å²) in [6, 6.07) is 11.7. The lowest BCUT2D eigenvalue weighted by molar-refractivity contribution is 0.0890. The zero-order valence-corrected chi connectivity index (χ0v) is 12.1. The topological polar surface area (TPSA) is 95.5 Å². The molecule has 0 spiro atoms. The van der Waals surface area contributed by atoms with E-state index in [1.807, 2.05) is 6.07 Å². The van der Waals surface area contributed by atoms with Crippen LogP contribution in [-0.4, -0.2) is 23.7 Å². The van der Waals surface area contributed by atoms with Crippen LogP contribution in [0.1, 0.15) is 28.8 Å². The number of furan rings is 1. The standard InChI is InChI=1S/C16H16N2O4/c1-11(9-19)18-16(20)15-7-6-13(22-15)10-21-14-5-3-2-4-12(14)8-17/h2-7,11,19H,9-10H2,1H3,(H,18,20). The Kier molecular flexibility index (Phi) is 5.17. The molecule has 0 saturated carbocycles. The molecule has 2 aromatic rings. The molecule has 0 aliphatic carbocycles. The van der Waals surface area contributed by atoms with Gasteiger partial charge < -0.3 is 19.6 Å². The summed E-state index contributed by atoms with van der Waals surface area (Å²) < 4.78 is 10.9. The second kappa shape index (κ2) is 7.29. The highest BCUT2D eigenvalue weighted by molar-refractivity contribution is 5.91. The molecule has 2 N–H and O–H groups in total. The normalized spacial score (nSPS) is 11.5. The van der Waals surface area contributed by atoms with E-state index in [9.17, 15) is 4.79 Å². The maximum atomic E-state index is 11.8. The number of rotatable bonds is 6. The first kappa shape index (κ1) is 15.6. The summed E-state index contributed by atoms with van der Waals surface area (Å²) in [6.45, 7) is 1.65. The van der Waals surface area contributed by atoms with Gasteiger partial charge in [0.05, 0.1) is 12.2 Å². The smallest absolute Gasteiger partial charge is 0.287 e. The first-order chi connectivity index (χ1) is 10.6. The Hall–Kier alpha value is -2.78. The minimum atomic E-state index is -0.398. The number of para-hydroxylation sites is 1. The molecule has 6 nitrogen and oxygen atoms in total. The van der Waals surface area contributed by atoms with Crippen molar-refractivity contribution in [2.45, 2.75) is 19.6 Å². The maximum Gasteiger partial charge on any atom is 0.287 e. The lowest BCUT2D eigenvalue weighted by Gasteiger charge is -2.08. The van der Waals surface area contributed by atoms with Crippen molar-refractivity contribution in [1.82, 2.24) is 5.32 Å². The predicted molar refractivity (Wildman–Crippen MR) is 78.2 cm³/mol. The molecule has 0 aliphatic rings. The number of nitrogens with one attached hydrogen (secondary N) is 1. The minimum absolute atomic E-state index is 0.113. The number of amides is 1. The number of ether oxygens (including phenoxy) is 1. The van der Waals surface area contributed by atoms with Gasteiger partial charge >= 0.3 is 0 Å². The zero-order valence-electron chi connectivity index (χ0n) is 12.1. The Morgan fingerprint density at radius 3 is 2.91 bits per heavy atom. The molecule has 1 atom stereocenters. The van der Waals surface area contributed by atoms with Crippen LogP contribution < -0.4 is 10.1 Å². The van der Waals surface area contributed by atoms with Crippen LogP contribution in [0.5, 0.6) is 5.75 Å². The summed E-state index contributed by atoms with van der Waals surface area (Å²) >= 11 is 0. The highest BCUT2D eigenvalue weighted by atomic mass is 16.5. The van der Waals surface area contributed by atoms with E-state index in [1.165, 1.54) is 6.07 Å². The van der Waals surface area contributed by atoms with Gasteiger partial charge in [-0.2, -0.15) is 5.26 Å². The Morgan fingerprint density at radius 2 is 2.18 bits per heavy atom. The van der Waals surface area contributed by atoms with Gasteiger partial charge in [0.1, 0.15) is 24.2 Å². The van der Waals surface area contributed by atoms with Crippen LogP contribution in [0.15, 0.2) is 40.8 Å². The van der Waals surface area contributed by atoms with E-state index in [4.69, 9.17) is 19.5 Å². The van der Waals surface area contributed by atoms with Crippen molar-refractivity contribution in [3.8, 4) is 11.8 Å². The maximum absolute atomic E-state index is 11.8. The van der Waals surface area contributed by atoms with Crippen LogP contribution in [0.4, 0.5) is 0 Å². The van der Waals surface area contributed by atoms with Gasteiger partial charge in [-0.1, -0.05) is 12.1 Å². The van der Waals surface area contributed by atoms with Crippen LogP contribution in [0.25, 0.3) is 0 Å². The number of carbonyl (C=O) groups excluding carboxylic acids is 1. The molecular weight excluding hydrogens is 284 g/mol. The molecule has 1 amide bonds. The molecule has 0 radical (unpaired) electrons. The molecule has 0 aliphatic heterocycles. The van der Waals surface area contributed by atoms with Crippen molar-refractivity contribution in [3.05, 3.63) is 53.5 Å². The SMILES string of the molecule is CC(CO)NC(=O)c1ccc(COc2ccccc2C#N)o1. The molecule has 0 saturated heterocycles. The van der Waals surface area contributed by atoms with Crippen LogP contribution in [-0.2, 0) is 6.61 Å². The van der Waals surface area contributed by atoms with Gasteiger partial charge in [-0.3, -0.25) is 4.79 Å². The molecule has 1 heterocycles. The summed E-state index contributed by atoms with van der Waals surface area (Å²) in [5.74, 6) is 0.675. The molecule has 1 aromatic heterocycles. The van der Waals surface area contributed by atoms with Crippen molar-refractivity contribution in [1.29, 1.82) is 5.26 Å². The van der Waals surface area contributed by atoms with Gasteiger partial charge in [0.2, 0.25) is 0 Å². The van der Waals surface area contributed by atoms with Gasteiger partial charge in [-0.25, -0.2) is 0 Å². The summed E-state index contributed by atoms with van der Waals surface area (Å²) in [6.07, 6.45) is 0. The number of aliphatic hydroxyl groups is 1. The minimum Gasteiger partial charge on any atom is -0.484 e. The molecule has 114 valence electrons. The van der Waals surface area contributed by atoms with E-state index in [-0.39, 0.29) is 25.0 Å². The molecule has 0 bridgehead atoms. The van der Waals surface area contributed by atoms with Gasteiger partial charge in [0.25, 0.3) is 5.91 Å². The van der Waals surface area contributed by atoms with Gasteiger partial charge in [-0.15, -0.1) is 0 Å². The van der Waals surface area contributed by atoms with E-state index < -0.39 is 5.91 Å². The third kappa shape index (κ3) is 3.87. The summed E-state index contributed by atoms with van der Waals surface area (Å²) in [4.78, 5) is 11.8. The Morgan fingerprint density at radius 1 is 1.41 bits per heavy atom. The monoisotopic (exact) mass is 300 g/mol. The lowest BCUT2D eigenvalue weighted by atomic mass is 10.2. The third-order valence-corrected chi connectivity index (χ3v) is 2.91. The average molecular weight is 300 g/mol. The van der Waals surface area contributed by atoms with Crippen molar-refractivity contribution in [3.63, 3.8) is 0 Å². The van der Waals surface area contributed by atoms with Crippen LogP contribution in [0.2, 0.25) is 0 Å². The Labute approximate surface area is 127 Å². The molecule has 0 fully saturated rings. The van der Waals surface area contributed by atoms with Gasteiger partial charge in [0.15, 0.2) is 5.76 Å². The Balaban J connectivity index is 1.98. The largest absolute Gasteiger partial charge is 0.484 e. The van der Waals surface area contributed by atoms with E-state index in [2.05, 4.69) is 5.32 Å². The number of benzene rings is 1. The van der Waals surface area contributed by atoms with Crippen LogP contribution in [0.3, 0.4) is 0 Å². The number of carbonyl (C=O) groups is 1. The Bertz CT molecular complexity index is 687. The van der Waals surface area contributed by atoms with Crippen molar-refractivity contribution >= 4 is 5.91 Å². The highest BCUT2D eigenvalue weighted by Gasteiger charge is 2.14. The van der Waals surface area contributed by atoms with E-state index >= 15 is 0 Å². The van der Waals surface area contributed by atoms with Gasteiger partial charge in [0, 0.05) is 6.04 Å². The van der Waals surface area contributed by atoms with Crippen molar-refractivity contribution in [2.24, 2.45) is 0 Å². The highest BCUT2D eigenvalue weighted by Crippen LogP contribution is 2.19. The fourth-order valence-electron chi connectivity index (χ4n) is 1.75. The molecule has 22 heavy (non-hydrogen) atoms. The first-order valence-corrected chi connectivity index (χ1v) is 6.76. The fraction of sp³-hybridized carbons (Fsp3) is 0.250. The number of hydrogen-bond acceptors (Lipinski definition) is 5. The van der Waals surface area contributed by atoms with E-state index in [0.717, 1.165) is 0 Å². The van der Waals surface area contributed by atoms with E-state index in [0.29, 0.717) is 17.1 Å². The molecule has 1 unspecified atom stereocenters. The molecule has 2 rings (SSSR count). The predicted octanol–water partition coefficient (Wildman–Crippen LogP) is 1.84. The summed E-state index contributed by atoms with van der Waals surface area (Å²) in [7, 11) is 0. The molecular formula is C16H16N2O4. The number of aliphatic hydroxyl groups excluding tert-OH is 1. The second-order valence-corrected chi connectivity index (χ2v) is 4.72. The fourth-order valence-corrected chi connectivity index (χ4v) is 1.75. The zero-order chi connectivity index (χ0) is 15.9. The number of nitriles is 1.